The van der Waals surface area contributed by atoms with Crippen LogP contribution in [0.3, 0.4) is 0 Å². The van der Waals surface area contributed by atoms with Gasteiger partial charge in [-0.2, -0.15) is 9.78 Å². The van der Waals surface area contributed by atoms with E-state index in [1.165, 1.54) is 17.1 Å². The third kappa shape index (κ3) is 4.14. The molecule has 0 spiro atoms. The van der Waals surface area contributed by atoms with Crippen LogP contribution in [0.25, 0.3) is 5.82 Å². The highest BCUT2D eigenvalue weighted by molar-refractivity contribution is 9.10. The molecule has 0 atom stereocenters. The second-order valence-electron chi connectivity index (χ2n) is 5.44. The van der Waals surface area contributed by atoms with Crippen molar-refractivity contribution in [2.45, 2.75) is 6.92 Å². The molecule has 27 heavy (non-hydrogen) atoms. The summed E-state index contributed by atoms with van der Waals surface area (Å²) < 4.78 is 7.15. The summed E-state index contributed by atoms with van der Waals surface area (Å²) in [5.74, 6) is -0.347. The first-order valence-corrected chi connectivity index (χ1v) is 8.83. The number of aromatic nitrogens is 3. The first-order valence-electron chi connectivity index (χ1n) is 8.03. The Morgan fingerprint density at radius 1 is 1.19 bits per heavy atom. The van der Waals surface area contributed by atoms with Gasteiger partial charge in [-0.05, 0) is 43.3 Å². The summed E-state index contributed by atoms with van der Waals surface area (Å²) in [5, 5.41) is 6.84. The average Bonchev–Trinajstić information content (AvgIpc) is 3.05. The van der Waals surface area contributed by atoms with Crippen LogP contribution in [0, 0.1) is 0 Å². The Morgan fingerprint density at radius 3 is 2.56 bits per heavy atom. The van der Waals surface area contributed by atoms with E-state index in [1.807, 2.05) is 12.1 Å². The lowest BCUT2D eigenvalue weighted by Crippen LogP contribution is -2.13. The molecule has 0 radical (unpaired) electrons. The standard InChI is InChI=1S/C18H16BrN5O3/c1-2-27-18(26)14-10-22-24(16(14)20)15-8-3-11(9-21-15)17(25)23-13-6-4-12(19)5-7-13/h3-10H,2,20H2,1H3,(H,23,25). The van der Waals surface area contributed by atoms with Crippen LogP contribution in [0.4, 0.5) is 11.5 Å². The molecule has 0 bridgehead atoms. The maximum absolute atomic E-state index is 12.3. The fourth-order valence-electron chi connectivity index (χ4n) is 2.29. The van der Waals surface area contributed by atoms with Crippen molar-refractivity contribution in [3.05, 3.63) is 64.4 Å². The molecule has 0 fully saturated rings. The van der Waals surface area contributed by atoms with E-state index in [4.69, 9.17) is 10.5 Å². The van der Waals surface area contributed by atoms with E-state index >= 15 is 0 Å². The molecule has 138 valence electrons. The number of nitrogens with two attached hydrogens (primary N) is 1. The van der Waals surface area contributed by atoms with E-state index in [1.54, 1.807) is 31.2 Å². The first-order chi connectivity index (χ1) is 13.0. The van der Waals surface area contributed by atoms with Gasteiger partial charge in [-0.15, -0.1) is 0 Å². The van der Waals surface area contributed by atoms with E-state index in [0.717, 1.165) is 4.47 Å². The number of pyridine rings is 1. The van der Waals surface area contributed by atoms with Crippen LogP contribution >= 0.6 is 15.9 Å². The van der Waals surface area contributed by atoms with Gasteiger partial charge in [-0.3, -0.25) is 4.79 Å². The normalized spacial score (nSPS) is 10.4. The summed E-state index contributed by atoms with van der Waals surface area (Å²) in [6, 6.07) is 10.4. The lowest BCUT2D eigenvalue weighted by atomic mass is 10.2. The van der Waals surface area contributed by atoms with Crippen molar-refractivity contribution < 1.29 is 14.3 Å². The molecule has 1 amide bonds. The van der Waals surface area contributed by atoms with Gasteiger partial charge in [0.2, 0.25) is 0 Å². The van der Waals surface area contributed by atoms with Crippen molar-refractivity contribution in [1.82, 2.24) is 14.8 Å². The Labute approximate surface area is 163 Å². The Kier molecular flexibility index (Phi) is 5.51. The van der Waals surface area contributed by atoms with Gasteiger partial charge in [0.25, 0.3) is 5.91 Å². The van der Waals surface area contributed by atoms with Gasteiger partial charge in [0.1, 0.15) is 11.4 Å². The molecule has 0 saturated heterocycles. The molecule has 8 nitrogen and oxygen atoms in total. The second kappa shape index (κ2) is 8.00. The van der Waals surface area contributed by atoms with Crippen LogP contribution in [-0.2, 0) is 4.74 Å². The summed E-state index contributed by atoms with van der Waals surface area (Å²) >= 11 is 3.34. The molecule has 9 heteroatoms. The number of nitrogen functional groups attached to an aromatic ring is 1. The van der Waals surface area contributed by atoms with Gasteiger partial charge < -0.3 is 15.8 Å². The quantitative estimate of drug-likeness (QED) is 0.602. The van der Waals surface area contributed by atoms with Gasteiger partial charge in [-0.25, -0.2) is 9.78 Å². The zero-order chi connectivity index (χ0) is 19.4. The monoisotopic (exact) mass is 429 g/mol. The molecule has 1 aromatic carbocycles. The number of ether oxygens (including phenoxy) is 1. The molecule has 0 unspecified atom stereocenters. The van der Waals surface area contributed by atoms with Crippen LogP contribution in [-0.4, -0.2) is 33.2 Å². The largest absolute Gasteiger partial charge is 0.462 e. The summed E-state index contributed by atoms with van der Waals surface area (Å²) in [6.45, 7) is 1.95. The maximum Gasteiger partial charge on any atom is 0.343 e. The number of nitrogens with zero attached hydrogens (tertiary/aromatic N) is 3. The number of anilines is 2. The smallest absolute Gasteiger partial charge is 0.343 e. The van der Waals surface area contributed by atoms with E-state index in [9.17, 15) is 9.59 Å². The van der Waals surface area contributed by atoms with Gasteiger partial charge in [0.15, 0.2) is 5.82 Å². The molecular weight excluding hydrogens is 414 g/mol. The number of nitrogens with one attached hydrogen (secondary N) is 1. The molecule has 0 aliphatic carbocycles. The van der Waals surface area contributed by atoms with Crippen molar-refractivity contribution >= 4 is 39.3 Å². The molecule has 0 aliphatic heterocycles. The molecule has 0 aliphatic rings. The van der Waals surface area contributed by atoms with Crippen molar-refractivity contribution in [2.24, 2.45) is 0 Å². The third-order valence-electron chi connectivity index (χ3n) is 3.63. The Hall–Kier alpha value is -3.20. The zero-order valence-corrected chi connectivity index (χ0v) is 15.9. The average molecular weight is 430 g/mol. The zero-order valence-electron chi connectivity index (χ0n) is 14.3. The fraction of sp³-hybridized carbons (Fsp3) is 0.111. The Morgan fingerprint density at radius 2 is 1.93 bits per heavy atom. The van der Waals surface area contributed by atoms with Crippen LogP contribution in [0.1, 0.15) is 27.6 Å². The number of carbonyl (C=O) groups is 2. The number of carbonyl (C=O) groups excluding carboxylic acids is 2. The van der Waals surface area contributed by atoms with Crippen molar-refractivity contribution in [2.75, 3.05) is 17.7 Å². The predicted molar refractivity (Wildman–Crippen MR) is 104 cm³/mol. The van der Waals surface area contributed by atoms with E-state index < -0.39 is 5.97 Å². The van der Waals surface area contributed by atoms with E-state index in [0.29, 0.717) is 17.1 Å². The van der Waals surface area contributed by atoms with Crippen molar-refractivity contribution in [3.8, 4) is 5.82 Å². The second-order valence-corrected chi connectivity index (χ2v) is 6.36. The van der Waals surface area contributed by atoms with Crippen LogP contribution in [0.2, 0.25) is 0 Å². The van der Waals surface area contributed by atoms with E-state index in [-0.39, 0.29) is 23.9 Å². The molecule has 3 aromatic rings. The predicted octanol–water partition coefficient (Wildman–Crippen LogP) is 3.04. The topological polar surface area (TPSA) is 112 Å². The van der Waals surface area contributed by atoms with Crippen LogP contribution < -0.4 is 11.1 Å². The lowest BCUT2D eigenvalue weighted by Gasteiger charge is -2.07. The maximum atomic E-state index is 12.3. The molecule has 2 aromatic heterocycles. The summed E-state index contributed by atoms with van der Waals surface area (Å²) in [6.07, 6.45) is 2.73. The van der Waals surface area contributed by atoms with Gasteiger partial charge >= 0.3 is 5.97 Å². The minimum absolute atomic E-state index is 0.119. The highest BCUT2D eigenvalue weighted by Crippen LogP contribution is 2.18. The number of esters is 1. The summed E-state index contributed by atoms with van der Waals surface area (Å²) in [7, 11) is 0. The number of halogens is 1. The van der Waals surface area contributed by atoms with Gasteiger partial charge in [0, 0.05) is 16.4 Å². The minimum Gasteiger partial charge on any atom is -0.462 e. The highest BCUT2D eigenvalue weighted by Gasteiger charge is 2.18. The van der Waals surface area contributed by atoms with Gasteiger partial charge in [-0.1, -0.05) is 15.9 Å². The van der Waals surface area contributed by atoms with Crippen molar-refractivity contribution in [3.63, 3.8) is 0 Å². The van der Waals surface area contributed by atoms with Crippen LogP contribution in [0.5, 0.6) is 0 Å². The number of amides is 1. The number of rotatable bonds is 5. The van der Waals surface area contributed by atoms with Crippen molar-refractivity contribution in [1.29, 1.82) is 0 Å². The van der Waals surface area contributed by atoms with Crippen LogP contribution in [0.15, 0.2) is 53.3 Å². The Balaban J connectivity index is 1.76. The molecule has 3 rings (SSSR count). The third-order valence-corrected chi connectivity index (χ3v) is 4.16. The lowest BCUT2D eigenvalue weighted by molar-refractivity contribution is 0.0527. The summed E-state index contributed by atoms with van der Waals surface area (Å²) in [5.41, 5.74) is 7.16. The Bertz CT molecular complexity index is 968. The molecule has 0 saturated carbocycles. The van der Waals surface area contributed by atoms with Gasteiger partial charge in [0.05, 0.1) is 18.4 Å². The number of hydrogen-bond acceptors (Lipinski definition) is 6. The first kappa shape index (κ1) is 18.6. The molecule has 3 N–H and O–H groups in total. The highest BCUT2D eigenvalue weighted by atomic mass is 79.9. The SMILES string of the molecule is CCOC(=O)c1cnn(-c2ccc(C(=O)Nc3ccc(Br)cc3)cn2)c1N. The minimum atomic E-state index is -0.549. The fourth-order valence-corrected chi connectivity index (χ4v) is 2.55. The number of hydrogen-bond donors (Lipinski definition) is 2. The number of benzene rings is 1. The van der Waals surface area contributed by atoms with E-state index in [2.05, 4.69) is 31.3 Å². The molecule has 2 heterocycles. The molecular formula is C18H16BrN5O3. The summed E-state index contributed by atoms with van der Waals surface area (Å²) in [4.78, 5) is 28.3.